The summed E-state index contributed by atoms with van der Waals surface area (Å²) in [7, 11) is 0. The highest BCUT2D eigenvalue weighted by Crippen LogP contribution is 1.96. The maximum atomic E-state index is 10.2. The minimum atomic E-state index is -0.891. The summed E-state index contributed by atoms with van der Waals surface area (Å²) in [5, 5.41) is 16.2. The maximum absolute atomic E-state index is 10.2. The molecule has 2 N–H and O–H groups in total. The summed E-state index contributed by atoms with van der Waals surface area (Å²) in [4.78, 5) is 19.7. The van der Waals surface area contributed by atoms with Gasteiger partial charge in [0.05, 0.1) is 5.56 Å². The monoisotopic (exact) mass is 232 g/mol. The lowest BCUT2D eigenvalue weighted by Gasteiger charge is -1.88. The van der Waals surface area contributed by atoms with E-state index in [4.69, 9.17) is 10.2 Å². The standard InChI is InChI=1S/C7H6O2.C4H6O2.Mg/c8-7(9)6-4-2-1-3-5-6;1-2-3-4(5)6;/h1-5H,(H,8,9);2-3H,1H3,(H,5,6);. The Morgan fingerprint density at radius 1 is 1.12 bits per heavy atom. The normalized spacial score (nSPS) is 8.56. The summed E-state index contributed by atoms with van der Waals surface area (Å²) in [5.74, 6) is -1.77. The fraction of sp³-hybridized carbons (Fsp3) is 0.0909. The van der Waals surface area contributed by atoms with Crippen molar-refractivity contribution in [3.63, 3.8) is 0 Å². The van der Waals surface area contributed by atoms with Crippen LogP contribution in [-0.4, -0.2) is 45.2 Å². The topological polar surface area (TPSA) is 74.6 Å². The molecule has 0 spiro atoms. The molecule has 82 valence electrons. The molecule has 0 aliphatic rings. The first-order chi connectivity index (χ1) is 7.07. The van der Waals surface area contributed by atoms with Crippen LogP contribution in [0.2, 0.25) is 0 Å². The van der Waals surface area contributed by atoms with Gasteiger partial charge in [0.1, 0.15) is 0 Å². The van der Waals surface area contributed by atoms with E-state index in [9.17, 15) is 9.59 Å². The van der Waals surface area contributed by atoms with Gasteiger partial charge in [-0.25, -0.2) is 9.59 Å². The van der Waals surface area contributed by atoms with Crippen molar-refractivity contribution in [1.82, 2.24) is 0 Å². The zero-order valence-corrected chi connectivity index (χ0v) is 10.4. The Hall–Kier alpha value is -1.33. The minimum absolute atomic E-state index is 0. The average Bonchev–Trinajstić information content (AvgIpc) is 2.20. The van der Waals surface area contributed by atoms with Gasteiger partial charge in [-0.15, -0.1) is 0 Å². The predicted molar refractivity (Wildman–Crippen MR) is 61.6 cm³/mol. The first kappa shape index (κ1) is 17.1. The molecular formula is C11H12MgO4. The van der Waals surface area contributed by atoms with Gasteiger partial charge in [-0.3, -0.25) is 0 Å². The molecule has 0 aliphatic heterocycles. The highest BCUT2D eigenvalue weighted by molar-refractivity contribution is 5.87. The number of carboxylic acid groups (broad SMARTS) is 2. The first-order valence-electron chi connectivity index (χ1n) is 4.22. The van der Waals surface area contributed by atoms with Crippen molar-refractivity contribution in [3.05, 3.63) is 48.0 Å². The fourth-order valence-electron chi connectivity index (χ4n) is 0.723. The summed E-state index contributed by atoms with van der Waals surface area (Å²) in [5.41, 5.74) is 0.331. The molecular weight excluding hydrogens is 220 g/mol. The summed E-state index contributed by atoms with van der Waals surface area (Å²) >= 11 is 0. The number of hydrogen-bond acceptors (Lipinski definition) is 2. The maximum Gasteiger partial charge on any atom is 0.335 e. The molecule has 1 aromatic rings. The second kappa shape index (κ2) is 10.2. The quantitative estimate of drug-likeness (QED) is 0.601. The Morgan fingerprint density at radius 2 is 1.62 bits per heavy atom. The summed E-state index contributed by atoms with van der Waals surface area (Å²) < 4.78 is 0. The van der Waals surface area contributed by atoms with E-state index in [0.29, 0.717) is 5.56 Å². The van der Waals surface area contributed by atoms with Gasteiger partial charge in [-0.2, -0.15) is 0 Å². The van der Waals surface area contributed by atoms with Crippen LogP contribution in [0.25, 0.3) is 0 Å². The van der Waals surface area contributed by atoms with Gasteiger partial charge in [0, 0.05) is 29.1 Å². The molecule has 0 bridgehead atoms. The predicted octanol–water partition coefficient (Wildman–Crippen LogP) is 1.65. The number of aliphatic carboxylic acids is 1. The van der Waals surface area contributed by atoms with Crippen molar-refractivity contribution in [2.24, 2.45) is 0 Å². The lowest BCUT2D eigenvalue weighted by atomic mass is 10.2. The Labute approximate surface area is 110 Å². The molecule has 0 fully saturated rings. The number of carbonyl (C=O) groups is 2. The van der Waals surface area contributed by atoms with Gasteiger partial charge in [0.25, 0.3) is 0 Å². The van der Waals surface area contributed by atoms with Crippen LogP contribution in [0, 0.1) is 0 Å². The molecule has 2 radical (unpaired) electrons. The Bertz CT molecular complexity index is 346. The number of aromatic carboxylic acids is 1. The second-order valence-electron chi connectivity index (χ2n) is 2.51. The van der Waals surface area contributed by atoms with Crippen molar-refractivity contribution >= 4 is 35.0 Å². The second-order valence-corrected chi connectivity index (χ2v) is 2.51. The van der Waals surface area contributed by atoms with E-state index in [2.05, 4.69) is 0 Å². The number of rotatable bonds is 2. The smallest absolute Gasteiger partial charge is 0.335 e. The van der Waals surface area contributed by atoms with Gasteiger partial charge in [-0.05, 0) is 19.1 Å². The van der Waals surface area contributed by atoms with E-state index < -0.39 is 11.9 Å². The van der Waals surface area contributed by atoms with Crippen LogP contribution < -0.4 is 0 Å². The lowest BCUT2D eigenvalue weighted by molar-refractivity contribution is -0.131. The largest absolute Gasteiger partial charge is 0.478 e. The van der Waals surface area contributed by atoms with Crippen LogP contribution in [0.4, 0.5) is 0 Å². The van der Waals surface area contributed by atoms with E-state index >= 15 is 0 Å². The molecule has 0 saturated carbocycles. The molecule has 16 heavy (non-hydrogen) atoms. The fourth-order valence-corrected chi connectivity index (χ4v) is 0.723. The van der Waals surface area contributed by atoms with Crippen LogP contribution in [0.1, 0.15) is 17.3 Å². The van der Waals surface area contributed by atoms with E-state index in [-0.39, 0.29) is 23.1 Å². The number of carboxylic acids is 2. The molecule has 0 heterocycles. The average molecular weight is 233 g/mol. The minimum Gasteiger partial charge on any atom is -0.478 e. The highest BCUT2D eigenvalue weighted by atomic mass is 24.3. The zero-order chi connectivity index (χ0) is 11.7. The highest BCUT2D eigenvalue weighted by Gasteiger charge is 1.96. The SMILES string of the molecule is CC=CC(=O)O.O=C(O)c1ccccc1.[Mg]. The molecule has 0 atom stereocenters. The van der Waals surface area contributed by atoms with E-state index in [1.165, 1.54) is 6.08 Å². The number of benzene rings is 1. The van der Waals surface area contributed by atoms with Crippen molar-refractivity contribution in [2.75, 3.05) is 0 Å². The van der Waals surface area contributed by atoms with Crippen LogP contribution in [0.3, 0.4) is 0 Å². The third kappa shape index (κ3) is 9.23. The number of hydrogen-bond donors (Lipinski definition) is 2. The van der Waals surface area contributed by atoms with Crippen molar-refractivity contribution in [3.8, 4) is 0 Å². The van der Waals surface area contributed by atoms with Crippen molar-refractivity contribution < 1.29 is 19.8 Å². The van der Waals surface area contributed by atoms with E-state index in [1.807, 2.05) is 0 Å². The van der Waals surface area contributed by atoms with Crippen molar-refractivity contribution in [2.45, 2.75) is 6.92 Å². The third-order valence-electron chi connectivity index (χ3n) is 1.33. The molecule has 5 heteroatoms. The van der Waals surface area contributed by atoms with Crippen LogP contribution in [0.5, 0.6) is 0 Å². The van der Waals surface area contributed by atoms with Crippen LogP contribution in [0.15, 0.2) is 42.5 Å². The third-order valence-corrected chi connectivity index (χ3v) is 1.33. The molecule has 0 aromatic heterocycles. The zero-order valence-electron chi connectivity index (χ0n) is 8.96. The van der Waals surface area contributed by atoms with Gasteiger partial charge in [0.15, 0.2) is 0 Å². The molecule has 1 rings (SSSR count). The molecule has 4 nitrogen and oxygen atoms in total. The van der Waals surface area contributed by atoms with Gasteiger partial charge in [-0.1, -0.05) is 24.3 Å². The van der Waals surface area contributed by atoms with Gasteiger partial charge < -0.3 is 10.2 Å². The van der Waals surface area contributed by atoms with Crippen molar-refractivity contribution in [1.29, 1.82) is 0 Å². The van der Waals surface area contributed by atoms with Gasteiger partial charge in [0.2, 0.25) is 0 Å². The Kier molecular flexibility index (Phi) is 10.9. The van der Waals surface area contributed by atoms with Crippen LogP contribution in [-0.2, 0) is 4.79 Å². The summed E-state index contributed by atoms with van der Waals surface area (Å²) in [6.45, 7) is 1.66. The van der Waals surface area contributed by atoms with Gasteiger partial charge >= 0.3 is 11.9 Å². The Balaban J connectivity index is 0. The molecule has 0 aliphatic carbocycles. The summed E-state index contributed by atoms with van der Waals surface area (Å²) in [6.07, 6.45) is 2.56. The molecule has 0 amide bonds. The Morgan fingerprint density at radius 3 is 1.81 bits per heavy atom. The first-order valence-corrected chi connectivity index (χ1v) is 4.22. The number of allylic oxidation sites excluding steroid dienone is 1. The van der Waals surface area contributed by atoms with E-state index in [0.717, 1.165) is 6.08 Å². The molecule has 1 aromatic carbocycles. The summed E-state index contributed by atoms with van der Waals surface area (Å²) in [6, 6.07) is 8.30. The lowest BCUT2D eigenvalue weighted by Crippen LogP contribution is -1.93. The van der Waals surface area contributed by atoms with Crippen LogP contribution >= 0.6 is 0 Å². The molecule has 0 unspecified atom stereocenters. The van der Waals surface area contributed by atoms with E-state index in [1.54, 1.807) is 37.3 Å². The molecule has 0 saturated heterocycles.